The average molecular weight is 458 g/mol. The van der Waals surface area contributed by atoms with Crippen LogP contribution in [0.3, 0.4) is 0 Å². The summed E-state index contributed by atoms with van der Waals surface area (Å²) in [5.41, 5.74) is 2.53. The summed E-state index contributed by atoms with van der Waals surface area (Å²) in [5.74, 6) is 0.871. The molecule has 0 spiro atoms. The molecule has 3 nitrogen and oxygen atoms in total. The number of methoxy groups -OCH3 is 1. The zero-order valence-corrected chi connectivity index (χ0v) is 20.7. The van der Waals surface area contributed by atoms with Gasteiger partial charge in [-0.3, -0.25) is 0 Å². The third-order valence-electron chi connectivity index (χ3n) is 5.25. The smallest absolute Gasteiger partial charge is 0.192 e. The molecule has 0 aliphatic carbocycles. The maximum absolute atomic E-state index is 6.69. The van der Waals surface area contributed by atoms with Crippen molar-refractivity contribution in [1.82, 2.24) is 0 Å². The van der Waals surface area contributed by atoms with Crippen molar-refractivity contribution in [1.29, 1.82) is 0 Å². The largest absolute Gasteiger partial charge is 0.497 e. The lowest BCUT2D eigenvalue weighted by atomic mass is 10.1. The third-order valence-corrected chi connectivity index (χ3v) is 10.1. The highest BCUT2D eigenvalue weighted by Gasteiger charge is 2.39. The third kappa shape index (κ3) is 8.94. The fourth-order valence-electron chi connectivity index (χ4n) is 2.50. The molecule has 1 rings (SSSR count). The first-order valence-corrected chi connectivity index (χ1v) is 13.7. The highest BCUT2D eigenvalue weighted by Crippen LogP contribution is 2.38. The highest BCUT2D eigenvalue weighted by atomic mass is 79.9. The Hall–Kier alpha value is -0.623. The Bertz CT molecular complexity index is 576. The van der Waals surface area contributed by atoms with Crippen molar-refractivity contribution in [3.8, 4) is 5.75 Å². The van der Waals surface area contributed by atoms with E-state index < -0.39 is 8.32 Å². The molecule has 0 heterocycles. The first-order valence-electron chi connectivity index (χ1n) is 9.69. The van der Waals surface area contributed by atoms with Crippen LogP contribution in [0.5, 0.6) is 5.75 Å². The van der Waals surface area contributed by atoms with Crippen LogP contribution in [0.15, 0.2) is 35.9 Å². The lowest BCUT2D eigenvalue weighted by molar-refractivity contribution is 0.0774. The van der Waals surface area contributed by atoms with Gasteiger partial charge in [-0.15, -0.1) is 0 Å². The lowest BCUT2D eigenvalue weighted by Crippen LogP contribution is -2.44. The van der Waals surface area contributed by atoms with Gasteiger partial charge in [-0.1, -0.05) is 60.5 Å². The number of hydrogen-bond acceptors (Lipinski definition) is 3. The van der Waals surface area contributed by atoms with Crippen LogP contribution in [-0.2, 0) is 15.8 Å². The molecule has 0 radical (unpaired) electrons. The predicted molar refractivity (Wildman–Crippen MR) is 122 cm³/mol. The molecule has 154 valence electrons. The highest BCUT2D eigenvalue weighted by molar-refractivity contribution is 9.09. The van der Waals surface area contributed by atoms with Gasteiger partial charge in [-0.2, -0.15) is 0 Å². The summed E-state index contributed by atoms with van der Waals surface area (Å²) in [6, 6.07) is 8.03. The van der Waals surface area contributed by atoms with Crippen molar-refractivity contribution in [2.75, 3.05) is 19.0 Å². The predicted octanol–water partition coefficient (Wildman–Crippen LogP) is 6.72. The topological polar surface area (TPSA) is 27.7 Å². The summed E-state index contributed by atoms with van der Waals surface area (Å²) >= 11 is 3.49. The van der Waals surface area contributed by atoms with E-state index in [1.54, 1.807) is 7.11 Å². The molecule has 1 aromatic carbocycles. The van der Waals surface area contributed by atoms with Crippen LogP contribution in [0, 0.1) is 0 Å². The molecular formula is C22H37BrO3Si. The molecule has 0 amide bonds. The summed E-state index contributed by atoms with van der Waals surface area (Å²) in [5, 5.41) is 1.10. The first-order chi connectivity index (χ1) is 12.6. The van der Waals surface area contributed by atoms with Gasteiger partial charge in [0.05, 0.1) is 19.8 Å². The van der Waals surface area contributed by atoms with Crippen LogP contribution >= 0.6 is 15.9 Å². The summed E-state index contributed by atoms with van der Waals surface area (Å²) in [7, 11) is -0.120. The van der Waals surface area contributed by atoms with Gasteiger partial charge < -0.3 is 13.9 Å². The molecule has 1 aromatic rings. The molecule has 27 heavy (non-hydrogen) atoms. The Labute approximate surface area is 175 Å². The van der Waals surface area contributed by atoms with E-state index in [0.29, 0.717) is 13.2 Å². The minimum Gasteiger partial charge on any atom is -0.497 e. The Balaban J connectivity index is 2.60. The van der Waals surface area contributed by atoms with Crippen molar-refractivity contribution in [2.24, 2.45) is 0 Å². The minimum atomic E-state index is -1.80. The fourth-order valence-corrected chi connectivity index (χ4v) is 4.44. The van der Waals surface area contributed by atoms with Gasteiger partial charge in [0.15, 0.2) is 8.32 Å². The number of halogens is 1. The summed E-state index contributed by atoms with van der Waals surface area (Å²) in [4.78, 5) is 0. The molecule has 0 saturated heterocycles. The number of rotatable bonds is 11. The van der Waals surface area contributed by atoms with E-state index in [-0.39, 0.29) is 11.1 Å². The standard InChI is InChI=1S/C22H37BrO3Si/c1-18(12-14-23)16-21(26-27(6,7)22(2,3)4)13-15-25-17-19-8-10-20(24-5)11-9-19/h8-12,21H,13-17H2,1-7H3/b18-12+/t21-/m0/s1. The molecule has 0 N–H and O–H groups in total. The summed E-state index contributed by atoms with van der Waals surface area (Å²) < 4.78 is 17.8. The average Bonchev–Trinajstić information content (AvgIpc) is 2.58. The summed E-state index contributed by atoms with van der Waals surface area (Å²) in [6.07, 6.45) is 4.30. The van der Waals surface area contributed by atoms with Crippen molar-refractivity contribution < 1.29 is 13.9 Å². The maximum Gasteiger partial charge on any atom is 0.192 e. The Morgan fingerprint density at radius 3 is 2.33 bits per heavy atom. The SMILES string of the molecule is COc1ccc(COCC[C@@H](C/C(C)=C/CBr)O[Si](C)(C)C(C)(C)C)cc1. The van der Waals surface area contributed by atoms with E-state index >= 15 is 0 Å². The first kappa shape index (κ1) is 24.4. The Morgan fingerprint density at radius 1 is 1.19 bits per heavy atom. The Morgan fingerprint density at radius 2 is 1.81 bits per heavy atom. The van der Waals surface area contributed by atoms with Gasteiger partial charge in [0.1, 0.15) is 5.75 Å². The molecule has 0 aromatic heterocycles. The second-order valence-corrected chi connectivity index (χ2v) is 14.0. The van der Waals surface area contributed by atoms with Crippen LogP contribution < -0.4 is 4.74 Å². The normalized spacial score (nSPS) is 14.3. The molecule has 0 fully saturated rings. The van der Waals surface area contributed by atoms with Gasteiger partial charge in [0, 0.05) is 11.9 Å². The van der Waals surface area contributed by atoms with Crippen LogP contribution in [0.2, 0.25) is 18.1 Å². The Kier molecular flexibility index (Phi) is 10.3. The van der Waals surface area contributed by atoms with Gasteiger partial charge >= 0.3 is 0 Å². The van der Waals surface area contributed by atoms with Crippen molar-refractivity contribution in [3.05, 3.63) is 41.5 Å². The molecule has 0 aliphatic rings. The zero-order chi connectivity index (χ0) is 20.5. The fraction of sp³-hybridized carbons (Fsp3) is 0.636. The number of hydrogen-bond donors (Lipinski definition) is 0. The van der Waals surface area contributed by atoms with Crippen LogP contribution in [-0.4, -0.2) is 33.5 Å². The second-order valence-electron chi connectivity index (χ2n) is 8.60. The summed E-state index contributed by atoms with van der Waals surface area (Å²) in [6.45, 7) is 15.0. The maximum atomic E-state index is 6.69. The molecule has 1 atom stereocenters. The van der Waals surface area contributed by atoms with Gasteiger partial charge in [0.25, 0.3) is 0 Å². The van der Waals surface area contributed by atoms with Crippen molar-refractivity contribution in [2.45, 2.75) is 71.4 Å². The van der Waals surface area contributed by atoms with Crippen molar-refractivity contribution >= 4 is 24.2 Å². The van der Waals surface area contributed by atoms with Crippen LogP contribution in [0.25, 0.3) is 0 Å². The number of allylic oxidation sites excluding steroid dienone is 1. The van der Waals surface area contributed by atoms with E-state index in [4.69, 9.17) is 13.9 Å². The second kappa shape index (κ2) is 11.4. The molecule has 5 heteroatoms. The van der Waals surface area contributed by atoms with Crippen molar-refractivity contribution in [3.63, 3.8) is 0 Å². The molecule has 0 saturated carbocycles. The monoisotopic (exact) mass is 456 g/mol. The quantitative estimate of drug-likeness (QED) is 0.160. The van der Waals surface area contributed by atoms with Gasteiger partial charge in [-0.25, -0.2) is 0 Å². The molecular weight excluding hydrogens is 420 g/mol. The van der Waals surface area contributed by atoms with E-state index in [1.165, 1.54) is 5.57 Å². The number of alkyl halides is 1. The van der Waals surface area contributed by atoms with E-state index in [1.807, 2.05) is 24.3 Å². The van der Waals surface area contributed by atoms with E-state index in [9.17, 15) is 0 Å². The van der Waals surface area contributed by atoms with Crippen LogP contribution in [0.4, 0.5) is 0 Å². The minimum absolute atomic E-state index is 0.206. The number of benzene rings is 1. The van der Waals surface area contributed by atoms with E-state index in [0.717, 1.165) is 29.5 Å². The lowest BCUT2D eigenvalue weighted by Gasteiger charge is -2.39. The molecule has 0 bridgehead atoms. The van der Waals surface area contributed by atoms with Gasteiger partial charge in [-0.05, 0) is 55.6 Å². The van der Waals surface area contributed by atoms with Gasteiger partial charge in [0.2, 0.25) is 0 Å². The molecule has 0 unspecified atom stereocenters. The van der Waals surface area contributed by atoms with E-state index in [2.05, 4.69) is 62.8 Å². The van der Waals surface area contributed by atoms with Crippen LogP contribution in [0.1, 0.15) is 46.1 Å². The number of ether oxygens (including phenoxy) is 2. The molecule has 0 aliphatic heterocycles. The zero-order valence-electron chi connectivity index (χ0n) is 18.1.